The molecule has 1 unspecified atom stereocenters. The molecule has 2 fully saturated rings. The Morgan fingerprint density at radius 3 is 2.65 bits per heavy atom. The van der Waals surface area contributed by atoms with Crippen LogP contribution >= 0.6 is 0 Å². The molecular formula is C17H34N2O. The topological polar surface area (TPSA) is 24.5 Å². The van der Waals surface area contributed by atoms with E-state index in [1.54, 1.807) is 0 Å². The molecule has 0 aromatic carbocycles. The van der Waals surface area contributed by atoms with Crippen molar-refractivity contribution in [2.45, 2.75) is 70.4 Å². The first-order valence-corrected chi connectivity index (χ1v) is 8.66. The molecule has 1 aliphatic heterocycles. The molecule has 20 heavy (non-hydrogen) atoms. The lowest BCUT2D eigenvalue weighted by molar-refractivity contribution is -0.107. The summed E-state index contributed by atoms with van der Waals surface area (Å²) >= 11 is 0. The lowest BCUT2D eigenvalue weighted by atomic mass is 9.77. The van der Waals surface area contributed by atoms with Crippen molar-refractivity contribution in [2.75, 3.05) is 33.3 Å². The average Bonchev–Trinajstić information content (AvgIpc) is 2.76. The van der Waals surface area contributed by atoms with E-state index in [0.717, 1.165) is 31.7 Å². The van der Waals surface area contributed by atoms with Gasteiger partial charge in [-0.05, 0) is 77.5 Å². The number of rotatable bonds is 9. The van der Waals surface area contributed by atoms with E-state index in [0.29, 0.717) is 0 Å². The van der Waals surface area contributed by atoms with Crippen molar-refractivity contribution < 1.29 is 4.74 Å². The second-order valence-electron chi connectivity index (χ2n) is 7.30. The minimum atomic E-state index is 0.223. The Bertz CT molecular complexity index is 276. The number of ether oxygens (including phenoxy) is 1. The first-order chi connectivity index (χ1) is 9.61. The highest BCUT2D eigenvalue weighted by molar-refractivity contribution is 4.90. The van der Waals surface area contributed by atoms with E-state index >= 15 is 0 Å². The Labute approximate surface area is 125 Å². The minimum absolute atomic E-state index is 0.223. The van der Waals surface area contributed by atoms with Crippen LogP contribution in [0.3, 0.4) is 0 Å². The van der Waals surface area contributed by atoms with Gasteiger partial charge in [-0.25, -0.2) is 0 Å². The second kappa shape index (κ2) is 7.77. The summed E-state index contributed by atoms with van der Waals surface area (Å²) in [6, 6.07) is 0.770. The summed E-state index contributed by atoms with van der Waals surface area (Å²) in [6.45, 7) is 9.00. The molecule has 3 nitrogen and oxygen atoms in total. The predicted molar refractivity (Wildman–Crippen MR) is 85.1 cm³/mol. The van der Waals surface area contributed by atoms with Gasteiger partial charge in [-0.1, -0.05) is 13.8 Å². The standard InChI is InChI=1S/C17H34N2O/c1-15(2)14-18-11-10-17(8-5-9-17)20-13-7-16-6-4-12-19(16)3/h15-16,18H,4-14H2,1-3H3. The largest absolute Gasteiger partial charge is 0.375 e. The molecule has 2 rings (SSSR count). The van der Waals surface area contributed by atoms with Gasteiger partial charge in [0.05, 0.1) is 5.60 Å². The zero-order valence-corrected chi connectivity index (χ0v) is 13.8. The van der Waals surface area contributed by atoms with Gasteiger partial charge in [0.2, 0.25) is 0 Å². The smallest absolute Gasteiger partial charge is 0.0694 e. The highest BCUT2D eigenvalue weighted by Crippen LogP contribution is 2.38. The van der Waals surface area contributed by atoms with E-state index < -0.39 is 0 Å². The van der Waals surface area contributed by atoms with Crippen molar-refractivity contribution in [3.05, 3.63) is 0 Å². The molecule has 1 atom stereocenters. The van der Waals surface area contributed by atoms with Crippen molar-refractivity contribution >= 4 is 0 Å². The zero-order chi connectivity index (χ0) is 14.4. The predicted octanol–water partition coefficient (Wildman–Crippen LogP) is 3.05. The molecule has 1 aliphatic carbocycles. The SMILES string of the molecule is CC(C)CNCCC1(OCCC2CCCN2C)CCC1. The summed E-state index contributed by atoms with van der Waals surface area (Å²) in [7, 11) is 2.26. The van der Waals surface area contributed by atoms with E-state index in [1.165, 1.54) is 51.5 Å². The Kier molecular flexibility index (Phi) is 6.31. The van der Waals surface area contributed by atoms with Crippen molar-refractivity contribution in [1.82, 2.24) is 10.2 Å². The van der Waals surface area contributed by atoms with Gasteiger partial charge in [0.15, 0.2) is 0 Å². The van der Waals surface area contributed by atoms with Crippen molar-refractivity contribution in [3.8, 4) is 0 Å². The van der Waals surface area contributed by atoms with Gasteiger partial charge in [0.25, 0.3) is 0 Å². The maximum Gasteiger partial charge on any atom is 0.0694 e. The highest BCUT2D eigenvalue weighted by Gasteiger charge is 2.37. The molecule has 0 amide bonds. The molecule has 3 heteroatoms. The van der Waals surface area contributed by atoms with Gasteiger partial charge in [0, 0.05) is 12.6 Å². The number of nitrogens with zero attached hydrogens (tertiary/aromatic N) is 1. The van der Waals surface area contributed by atoms with Crippen LogP contribution < -0.4 is 5.32 Å². The highest BCUT2D eigenvalue weighted by atomic mass is 16.5. The summed E-state index contributed by atoms with van der Waals surface area (Å²) in [5.74, 6) is 0.742. The van der Waals surface area contributed by atoms with E-state index in [2.05, 4.69) is 31.1 Å². The van der Waals surface area contributed by atoms with Gasteiger partial charge < -0.3 is 15.0 Å². The molecule has 2 aliphatic rings. The summed E-state index contributed by atoms with van der Waals surface area (Å²) in [5, 5.41) is 3.56. The van der Waals surface area contributed by atoms with E-state index in [9.17, 15) is 0 Å². The Morgan fingerprint density at radius 2 is 2.10 bits per heavy atom. The molecule has 0 aromatic rings. The summed E-state index contributed by atoms with van der Waals surface area (Å²) in [5.41, 5.74) is 0.223. The Hall–Kier alpha value is -0.120. The minimum Gasteiger partial charge on any atom is -0.375 e. The van der Waals surface area contributed by atoms with Gasteiger partial charge in [-0.2, -0.15) is 0 Å². The van der Waals surface area contributed by atoms with Gasteiger partial charge in [-0.15, -0.1) is 0 Å². The summed E-state index contributed by atoms with van der Waals surface area (Å²) in [4.78, 5) is 2.50. The molecule has 1 saturated heterocycles. The van der Waals surface area contributed by atoms with Crippen LogP contribution in [-0.2, 0) is 4.74 Å². The van der Waals surface area contributed by atoms with Crippen LogP contribution in [-0.4, -0.2) is 49.8 Å². The molecule has 1 N–H and O–H groups in total. The number of hydrogen-bond acceptors (Lipinski definition) is 3. The molecular weight excluding hydrogens is 248 g/mol. The quantitative estimate of drug-likeness (QED) is 0.658. The molecule has 0 spiro atoms. The van der Waals surface area contributed by atoms with Gasteiger partial charge >= 0.3 is 0 Å². The van der Waals surface area contributed by atoms with Crippen LogP contribution in [0.2, 0.25) is 0 Å². The lowest BCUT2D eigenvalue weighted by Gasteiger charge is -2.42. The fourth-order valence-corrected chi connectivity index (χ4v) is 3.50. The number of hydrogen-bond donors (Lipinski definition) is 1. The normalized spacial score (nSPS) is 26.1. The first kappa shape index (κ1) is 16.3. The fraction of sp³-hybridized carbons (Fsp3) is 1.00. The monoisotopic (exact) mass is 282 g/mol. The lowest BCUT2D eigenvalue weighted by Crippen LogP contribution is -2.43. The summed E-state index contributed by atoms with van der Waals surface area (Å²) in [6.07, 6.45) is 9.05. The molecule has 0 radical (unpaired) electrons. The second-order valence-corrected chi connectivity index (χ2v) is 7.30. The fourth-order valence-electron chi connectivity index (χ4n) is 3.50. The van der Waals surface area contributed by atoms with Crippen LogP contribution in [0.5, 0.6) is 0 Å². The zero-order valence-electron chi connectivity index (χ0n) is 13.8. The van der Waals surface area contributed by atoms with E-state index in [1.807, 2.05) is 0 Å². The first-order valence-electron chi connectivity index (χ1n) is 8.66. The van der Waals surface area contributed by atoms with Crippen LogP contribution in [0.25, 0.3) is 0 Å². The number of likely N-dealkylation sites (tertiary alicyclic amines) is 1. The third-order valence-electron chi connectivity index (χ3n) is 5.11. The Morgan fingerprint density at radius 1 is 1.30 bits per heavy atom. The van der Waals surface area contributed by atoms with Crippen molar-refractivity contribution in [2.24, 2.45) is 5.92 Å². The Balaban J connectivity index is 1.61. The average molecular weight is 282 g/mol. The molecule has 1 saturated carbocycles. The van der Waals surface area contributed by atoms with Crippen molar-refractivity contribution in [1.29, 1.82) is 0 Å². The van der Waals surface area contributed by atoms with Crippen LogP contribution in [0.1, 0.15) is 58.8 Å². The summed E-state index contributed by atoms with van der Waals surface area (Å²) < 4.78 is 6.32. The third kappa shape index (κ3) is 4.71. The number of nitrogens with one attached hydrogen (secondary N) is 1. The van der Waals surface area contributed by atoms with Gasteiger partial charge in [0.1, 0.15) is 0 Å². The van der Waals surface area contributed by atoms with E-state index in [4.69, 9.17) is 4.74 Å². The third-order valence-corrected chi connectivity index (χ3v) is 5.11. The maximum atomic E-state index is 6.32. The van der Waals surface area contributed by atoms with Crippen LogP contribution in [0, 0.1) is 5.92 Å². The molecule has 0 aromatic heterocycles. The molecule has 118 valence electrons. The van der Waals surface area contributed by atoms with Crippen molar-refractivity contribution in [3.63, 3.8) is 0 Å². The van der Waals surface area contributed by atoms with E-state index in [-0.39, 0.29) is 5.60 Å². The maximum absolute atomic E-state index is 6.32. The molecule has 0 bridgehead atoms. The molecule has 1 heterocycles. The van der Waals surface area contributed by atoms with Crippen LogP contribution in [0.4, 0.5) is 0 Å². The van der Waals surface area contributed by atoms with Crippen LogP contribution in [0.15, 0.2) is 0 Å². The van der Waals surface area contributed by atoms with Gasteiger partial charge in [-0.3, -0.25) is 0 Å².